The lowest BCUT2D eigenvalue weighted by atomic mass is 10.1. The Bertz CT molecular complexity index is 325. The number of esters is 1. The highest BCUT2D eigenvalue weighted by Crippen LogP contribution is 2.12. The van der Waals surface area contributed by atoms with Gasteiger partial charge in [-0.15, -0.1) is 0 Å². The quantitative estimate of drug-likeness (QED) is 0.296. The van der Waals surface area contributed by atoms with Gasteiger partial charge in [0.2, 0.25) is 0 Å². The van der Waals surface area contributed by atoms with Gasteiger partial charge in [0.05, 0.1) is 0 Å². The van der Waals surface area contributed by atoms with Crippen LogP contribution in [0.1, 0.15) is 58.3 Å². The molecule has 0 amide bonds. The van der Waals surface area contributed by atoms with Crippen molar-refractivity contribution in [3.8, 4) is 5.75 Å². The van der Waals surface area contributed by atoms with Gasteiger partial charge in [-0.2, -0.15) is 0 Å². The standard InChI is InChI=1S/C16H24O2.Mg.2H/c1-2-3-4-5-6-7-11-14-16(17)18-15-12-9-8-10-13-15;;;/h8-10,12-13H,2-7,11,14H2,1H3;;;. The van der Waals surface area contributed by atoms with Gasteiger partial charge in [0.1, 0.15) is 5.75 Å². The summed E-state index contributed by atoms with van der Waals surface area (Å²) < 4.78 is 5.22. The normalized spacial score (nSPS) is 9.74. The molecule has 0 radical (unpaired) electrons. The third-order valence-electron chi connectivity index (χ3n) is 2.96. The van der Waals surface area contributed by atoms with Gasteiger partial charge in [-0.25, -0.2) is 0 Å². The van der Waals surface area contributed by atoms with E-state index < -0.39 is 0 Å². The Labute approximate surface area is 133 Å². The number of carbonyl (C=O) groups is 1. The summed E-state index contributed by atoms with van der Waals surface area (Å²) in [6.45, 7) is 2.22. The number of hydrogen-bond donors (Lipinski definition) is 0. The first-order valence-corrected chi connectivity index (χ1v) is 7.08. The second-order valence-electron chi connectivity index (χ2n) is 4.66. The van der Waals surface area contributed by atoms with Gasteiger partial charge in [-0.05, 0) is 18.6 Å². The van der Waals surface area contributed by atoms with Crippen molar-refractivity contribution in [2.24, 2.45) is 0 Å². The molecule has 1 aromatic rings. The van der Waals surface area contributed by atoms with E-state index in [0.29, 0.717) is 12.2 Å². The maximum atomic E-state index is 11.5. The highest BCUT2D eigenvalue weighted by molar-refractivity contribution is 5.75. The van der Waals surface area contributed by atoms with Gasteiger partial charge in [0.25, 0.3) is 0 Å². The Morgan fingerprint density at radius 2 is 1.53 bits per heavy atom. The lowest BCUT2D eigenvalue weighted by molar-refractivity contribution is -0.134. The number of rotatable bonds is 9. The summed E-state index contributed by atoms with van der Waals surface area (Å²) in [5.74, 6) is 0.528. The molecular weight excluding hydrogens is 248 g/mol. The van der Waals surface area contributed by atoms with E-state index in [0.717, 1.165) is 12.8 Å². The first-order valence-electron chi connectivity index (χ1n) is 7.08. The van der Waals surface area contributed by atoms with Gasteiger partial charge in [-0.3, -0.25) is 4.79 Å². The molecule has 0 heterocycles. The lowest BCUT2D eigenvalue weighted by Gasteiger charge is -2.04. The van der Waals surface area contributed by atoms with E-state index in [1.807, 2.05) is 30.3 Å². The number of para-hydroxylation sites is 1. The minimum Gasteiger partial charge on any atom is -0.427 e. The van der Waals surface area contributed by atoms with Crippen molar-refractivity contribution in [1.82, 2.24) is 0 Å². The van der Waals surface area contributed by atoms with Crippen LogP contribution in [0.4, 0.5) is 0 Å². The minimum atomic E-state index is -0.116. The van der Waals surface area contributed by atoms with E-state index >= 15 is 0 Å². The van der Waals surface area contributed by atoms with Crippen molar-refractivity contribution in [1.29, 1.82) is 0 Å². The van der Waals surface area contributed by atoms with Crippen molar-refractivity contribution < 1.29 is 9.53 Å². The average Bonchev–Trinajstić information content (AvgIpc) is 2.39. The van der Waals surface area contributed by atoms with Gasteiger partial charge < -0.3 is 4.74 Å². The zero-order valence-corrected chi connectivity index (χ0v) is 11.4. The monoisotopic (exact) mass is 274 g/mol. The van der Waals surface area contributed by atoms with Gasteiger partial charge in [-0.1, -0.05) is 63.6 Å². The number of ether oxygens (including phenoxy) is 1. The fourth-order valence-electron chi connectivity index (χ4n) is 1.90. The van der Waals surface area contributed by atoms with E-state index in [1.54, 1.807) is 0 Å². The molecule has 3 heteroatoms. The summed E-state index contributed by atoms with van der Waals surface area (Å²) in [6.07, 6.45) is 9.07. The summed E-state index contributed by atoms with van der Waals surface area (Å²) in [4.78, 5) is 11.5. The molecule has 0 bridgehead atoms. The molecule has 1 aromatic carbocycles. The van der Waals surface area contributed by atoms with Gasteiger partial charge in [0.15, 0.2) is 0 Å². The Hall–Kier alpha value is -0.544. The molecule has 0 aliphatic rings. The van der Waals surface area contributed by atoms with E-state index in [4.69, 9.17) is 4.74 Å². The minimum absolute atomic E-state index is 0. The third kappa shape index (κ3) is 9.97. The Morgan fingerprint density at radius 1 is 0.947 bits per heavy atom. The Balaban J connectivity index is 0.00000324. The Morgan fingerprint density at radius 3 is 2.16 bits per heavy atom. The zero-order chi connectivity index (χ0) is 13.1. The third-order valence-corrected chi connectivity index (χ3v) is 2.96. The van der Waals surface area contributed by atoms with Crippen molar-refractivity contribution in [3.63, 3.8) is 0 Å². The summed E-state index contributed by atoms with van der Waals surface area (Å²) in [5.41, 5.74) is 0. The van der Waals surface area contributed by atoms with Gasteiger partial charge >= 0.3 is 29.0 Å². The first-order chi connectivity index (χ1) is 8.83. The van der Waals surface area contributed by atoms with Crippen molar-refractivity contribution in [2.75, 3.05) is 0 Å². The van der Waals surface area contributed by atoms with Crippen LogP contribution in [0, 0.1) is 0 Å². The predicted molar refractivity (Wildman–Crippen MR) is 83.2 cm³/mol. The molecule has 19 heavy (non-hydrogen) atoms. The fourth-order valence-corrected chi connectivity index (χ4v) is 1.90. The maximum Gasteiger partial charge on any atom is 0.316 e. The molecule has 104 valence electrons. The molecule has 0 spiro atoms. The summed E-state index contributed by atoms with van der Waals surface area (Å²) in [7, 11) is 0. The highest BCUT2D eigenvalue weighted by atomic mass is 24.3. The molecule has 0 unspecified atom stereocenters. The highest BCUT2D eigenvalue weighted by Gasteiger charge is 2.03. The van der Waals surface area contributed by atoms with E-state index in [1.165, 1.54) is 32.1 Å². The molecule has 0 atom stereocenters. The molecule has 0 aliphatic carbocycles. The van der Waals surface area contributed by atoms with E-state index in [2.05, 4.69) is 6.92 Å². The molecule has 0 aromatic heterocycles. The van der Waals surface area contributed by atoms with Crippen LogP contribution in [-0.2, 0) is 4.79 Å². The number of hydrogen-bond acceptors (Lipinski definition) is 2. The molecule has 0 N–H and O–H groups in total. The molecule has 2 nitrogen and oxygen atoms in total. The summed E-state index contributed by atoms with van der Waals surface area (Å²) in [6, 6.07) is 9.27. The predicted octanol–water partition coefficient (Wildman–Crippen LogP) is 3.82. The SMILES string of the molecule is CCCCCCCCCC(=O)Oc1ccccc1.[MgH2]. The lowest BCUT2D eigenvalue weighted by Crippen LogP contribution is -2.07. The molecule has 0 fully saturated rings. The van der Waals surface area contributed by atoms with Crippen LogP contribution in [0.2, 0.25) is 0 Å². The van der Waals surface area contributed by atoms with Gasteiger partial charge in [0, 0.05) is 6.42 Å². The number of benzene rings is 1. The van der Waals surface area contributed by atoms with E-state index in [-0.39, 0.29) is 29.0 Å². The van der Waals surface area contributed by atoms with Crippen LogP contribution in [0.3, 0.4) is 0 Å². The number of unbranched alkanes of at least 4 members (excludes halogenated alkanes) is 6. The molecule has 0 saturated heterocycles. The first kappa shape index (κ1) is 18.5. The Kier molecular flexibility index (Phi) is 12.1. The van der Waals surface area contributed by atoms with Crippen molar-refractivity contribution >= 4 is 29.0 Å². The average molecular weight is 275 g/mol. The molecular formula is C16H26MgO2. The maximum absolute atomic E-state index is 11.5. The van der Waals surface area contributed by atoms with Crippen molar-refractivity contribution in [3.05, 3.63) is 30.3 Å². The van der Waals surface area contributed by atoms with Crippen LogP contribution in [0.25, 0.3) is 0 Å². The zero-order valence-electron chi connectivity index (χ0n) is 11.4. The molecule has 1 rings (SSSR count). The van der Waals surface area contributed by atoms with Crippen LogP contribution < -0.4 is 4.74 Å². The second-order valence-corrected chi connectivity index (χ2v) is 4.66. The molecule has 0 saturated carbocycles. The number of carbonyl (C=O) groups excluding carboxylic acids is 1. The molecule has 0 aliphatic heterocycles. The smallest absolute Gasteiger partial charge is 0.316 e. The van der Waals surface area contributed by atoms with Crippen molar-refractivity contribution in [2.45, 2.75) is 58.3 Å². The summed E-state index contributed by atoms with van der Waals surface area (Å²) in [5, 5.41) is 0. The van der Waals surface area contributed by atoms with Crippen LogP contribution >= 0.6 is 0 Å². The van der Waals surface area contributed by atoms with Crippen LogP contribution in [0.15, 0.2) is 30.3 Å². The largest absolute Gasteiger partial charge is 0.427 e. The second kappa shape index (κ2) is 12.5. The summed E-state index contributed by atoms with van der Waals surface area (Å²) >= 11 is 0. The topological polar surface area (TPSA) is 26.3 Å². The fraction of sp³-hybridized carbons (Fsp3) is 0.562. The van der Waals surface area contributed by atoms with Crippen LogP contribution in [-0.4, -0.2) is 29.0 Å². The van der Waals surface area contributed by atoms with Crippen LogP contribution in [0.5, 0.6) is 5.75 Å². The van der Waals surface area contributed by atoms with E-state index in [9.17, 15) is 4.79 Å².